The van der Waals surface area contributed by atoms with Crippen LogP contribution in [0, 0.1) is 11.2 Å². The lowest BCUT2D eigenvalue weighted by Crippen LogP contribution is -2.10. The number of hydrogen-bond donors (Lipinski definition) is 0. The minimum Gasteiger partial charge on any atom is -0.213 e. The van der Waals surface area contributed by atoms with Crippen molar-refractivity contribution in [1.82, 2.24) is 0 Å². The molecule has 0 bridgehead atoms. The monoisotopic (exact) mass is 190 g/mol. The molecule has 0 saturated carbocycles. The van der Waals surface area contributed by atoms with Gasteiger partial charge in [0.15, 0.2) is 0 Å². The number of hydrogen-bond acceptors (Lipinski definition) is 1. The first-order valence-electron chi connectivity index (χ1n) is 4.78. The van der Waals surface area contributed by atoms with E-state index >= 15 is 0 Å². The predicted octanol–water partition coefficient (Wildman–Crippen LogP) is 2.16. The maximum absolute atomic E-state index is 8.50. The Kier molecular flexibility index (Phi) is 2.85. The molecule has 0 heterocycles. The van der Waals surface area contributed by atoms with Crippen LogP contribution in [0.4, 0.5) is 0 Å². The summed E-state index contributed by atoms with van der Waals surface area (Å²) in [5.74, 6) is 2.02. The number of benzene rings is 2. The van der Waals surface area contributed by atoms with Crippen LogP contribution in [0.25, 0.3) is 11.1 Å². The van der Waals surface area contributed by atoms with Gasteiger partial charge in [0.1, 0.15) is 0 Å². The van der Waals surface area contributed by atoms with Gasteiger partial charge in [-0.25, -0.2) is 5.26 Å². The van der Waals surface area contributed by atoms with Crippen molar-refractivity contribution < 1.29 is 0 Å². The molecule has 0 saturated heterocycles. The molecule has 69 valence electrons. The molecule has 1 nitrogen and oxygen atoms in total. The first-order valence-corrected chi connectivity index (χ1v) is 4.78. The maximum atomic E-state index is 8.50. The third-order valence-corrected chi connectivity index (χ3v) is 2.25. The quantitative estimate of drug-likeness (QED) is 0.665. The third-order valence-electron chi connectivity index (χ3n) is 2.25. The average Bonchev–Trinajstić information content (AvgIpc) is 2.32. The molecule has 2 aromatic carbocycles. The van der Waals surface area contributed by atoms with Gasteiger partial charge >= 0.3 is 0 Å². The van der Waals surface area contributed by atoms with Crippen molar-refractivity contribution in [2.75, 3.05) is 0 Å². The maximum Gasteiger partial charge on any atom is 0.291 e. The van der Waals surface area contributed by atoms with Gasteiger partial charge in [0.05, 0.1) is 0 Å². The van der Waals surface area contributed by atoms with Gasteiger partial charge in [0, 0.05) is 5.97 Å². The van der Waals surface area contributed by atoms with E-state index in [1.807, 2.05) is 48.4 Å². The highest BCUT2D eigenvalue weighted by Crippen LogP contribution is 2.16. The average molecular weight is 190 g/mol. The van der Waals surface area contributed by atoms with Crippen molar-refractivity contribution in [3.05, 3.63) is 54.6 Å². The van der Waals surface area contributed by atoms with Gasteiger partial charge in [-0.15, -0.1) is 0 Å². The molecule has 2 rings (SSSR count). The molecule has 0 aliphatic rings. The summed E-state index contributed by atoms with van der Waals surface area (Å²) in [6.07, 6.45) is 0. The van der Waals surface area contributed by atoms with Gasteiger partial charge in [-0.2, -0.15) is 0 Å². The summed E-state index contributed by atoms with van der Waals surface area (Å²) in [6.45, 7) is 0. The summed E-state index contributed by atoms with van der Waals surface area (Å²) in [7, 11) is 1.54. The van der Waals surface area contributed by atoms with E-state index in [-0.39, 0.29) is 0 Å². The van der Waals surface area contributed by atoms with Crippen LogP contribution < -0.4 is 5.46 Å². The Labute approximate surface area is 90.2 Å². The zero-order chi connectivity index (χ0) is 10.5. The highest BCUT2D eigenvalue weighted by atomic mass is 14.2. The topological polar surface area (TPSA) is 23.8 Å². The van der Waals surface area contributed by atoms with Crippen LogP contribution in [0.5, 0.6) is 0 Å². The SMILES string of the molecule is N#C[B]c1ccc(-c2ccccc2)cc1. The van der Waals surface area contributed by atoms with Crippen LogP contribution in [0.15, 0.2) is 54.6 Å². The van der Waals surface area contributed by atoms with Gasteiger partial charge < -0.3 is 0 Å². The number of nitrogens with zero attached hydrogens (tertiary/aromatic N) is 1. The molecule has 0 amide bonds. The van der Waals surface area contributed by atoms with Crippen LogP contribution in [-0.2, 0) is 0 Å². The van der Waals surface area contributed by atoms with Crippen LogP contribution in [0.3, 0.4) is 0 Å². The summed E-state index contributed by atoms with van der Waals surface area (Å²) in [4.78, 5) is 0. The van der Waals surface area contributed by atoms with E-state index in [2.05, 4.69) is 12.1 Å². The Morgan fingerprint density at radius 3 is 2.00 bits per heavy atom. The fourth-order valence-electron chi connectivity index (χ4n) is 1.48. The molecule has 0 aliphatic heterocycles. The zero-order valence-electron chi connectivity index (χ0n) is 8.22. The van der Waals surface area contributed by atoms with Crippen LogP contribution in [0.1, 0.15) is 0 Å². The molecule has 0 aromatic heterocycles. The number of nitriles is 1. The lowest BCUT2D eigenvalue weighted by molar-refractivity contribution is 1.56. The van der Waals surface area contributed by atoms with E-state index in [1.54, 1.807) is 0 Å². The lowest BCUT2D eigenvalue weighted by atomic mass is 9.72. The fraction of sp³-hybridized carbons (Fsp3) is 0. The van der Waals surface area contributed by atoms with E-state index < -0.39 is 0 Å². The Morgan fingerprint density at radius 1 is 0.800 bits per heavy atom. The Balaban J connectivity index is 2.29. The minimum absolute atomic E-state index is 0.942. The summed E-state index contributed by atoms with van der Waals surface area (Å²) in [5.41, 5.74) is 3.31. The first-order chi connectivity index (χ1) is 7.40. The molecular formula is C13H9BN. The van der Waals surface area contributed by atoms with E-state index in [4.69, 9.17) is 5.26 Å². The van der Waals surface area contributed by atoms with Crippen molar-refractivity contribution in [1.29, 1.82) is 5.26 Å². The standard InChI is InChI=1S/C13H9BN/c15-10-14-13-8-6-12(7-9-13)11-4-2-1-3-5-11/h1-9H. The second-order valence-corrected chi connectivity index (χ2v) is 3.26. The van der Waals surface area contributed by atoms with Gasteiger partial charge in [-0.05, 0) is 11.1 Å². The molecule has 2 heteroatoms. The molecule has 0 unspecified atom stereocenters. The van der Waals surface area contributed by atoms with Crippen LogP contribution >= 0.6 is 0 Å². The third kappa shape index (κ3) is 2.27. The van der Waals surface area contributed by atoms with Gasteiger partial charge in [-0.1, -0.05) is 60.1 Å². The Hall–Kier alpha value is -2.01. The van der Waals surface area contributed by atoms with Crippen LogP contribution in [-0.4, -0.2) is 7.28 Å². The fourth-order valence-corrected chi connectivity index (χ4v) is 1.48. The van der Waals surface area contributed by atoms with E-state index in [1.165, 1.54) is 18.4 Å². The molecule has 0 spiro atoms. The molecule has 0 fully saturated rings. The largest absolute Gasteiger partial charge is 0.291 e. The van der Waals surface area contributed by atoms with Crippen molar-refractivity contribution in [2.24, 2.45) is 0 Å². The summed E-state index contributed by atoms with van der Waals surface area (Å²) in [5, 5.41) is 8.50. The van der Waals surface area contributed by atoms with E-state index in [0.29, 0.717) is 0 Å². The molecular weight excluding hydrogens is 181 g/mol. The van der Waals surface area contributed by atoms with Gasteiger partial charge in [0.2, 0.25) is 0 Å². The Morgan fingerprint density at radius 2 is 1.40 bits per heavy atom. The predicted molar refractivity (Wildman–Crippen MR) is 62.9 cm³/mol. The van der Waals surface area contributed by atoms with Crippen LogP contribution in [0.2, 0.25) is 0 Å². The van der Waals surface area contributed by atoms with E-state index in [9.17, 15) is 0 Å². The molecule has 0 aliphatic carbocycles. The first kappa shape index (κ1) is 9.55. The van der Waals surface area contributed by atoms with Crippen molar-refractivity contribution in [3.63, 3.8) is 0 Å². The smallest absolute Gasteiger partial charge is 0.213 e. The van der Waals surface area contributed by atoms with Crippen molar-refractivity contribution in [3.8, 4) is 17.1 Å². The lowest BCUT2D eigenvalue weighted by Gasteiger charge is -2.01. The van der Waals surface area contributed by atoms with Crippen molar-refractivity contribution in [2.45, 2.75) is 0 Å². The van der Waals surface area contributed by atoms with Gasteiger partial charge in [0.25, 0.3) is 7.28 Å². The summed E-state index contributed by atoms with van der Waals surface area (Å²) < 4.78 is 0. The molecule has 0 N–H and O–H groups in total. The highest BCUT2D eigenvalue weighted by molar-refractivity contribution is 6.61. The minimum atomic E-state index is 0.942. The number of rotatable bonds is 2. The molecule has 0 atom stereocenters. The summed E-state index contributed by atoms with van der Waals surface area (Å²) in [6, 6.07) is 18.1. The molecule has 2 aromatic rings. The van der Waals surface area contributed by atoms with E-state index in [0.717, 1.165) is 5.46 Å². The second-order valence-electron chi connectivity index (χ2n) is 3.26. The zero-order valence-corrected chi connectivity index (χ0v) is 8.22. The molecule has 15 heavy (non-hydrogen) atoms. The van der Waals surface area contributed by atoms with Crippen molar-refractivity contribution >= 4 is 12.7 Å². The highest BCUT2D eigenvalue weighted by Gasteiger charge is 1.97. The van der Waals surface area contributed by atoms with Gasteiger partial charge in [-0.3, -0.25) is 0 Å². The Bertz CT molecular complexity index is 468. The summed E-state index contributed by atoms with van der Waals surface area (Å²) >= 11 is 0. The second kappa shape index (κ2) is 4.48. The molecule has 1 radical (unpaired) electrons. The normalized spacial score (nSPS) is 9.27.